The van der Waals surface area contributed by atoms with Crippen LogP contribution in [-0.4, -0.2) is 25.8 Å². The molecular formula is C12H9N3O5. The molecule has 0 aliphatic rings. The second-order valence-corrected chi connectivity index (χ2v) is 3.96. The number of nitro groups is 1. The first-order valence-electron chi connectivity index (χ1n) is 5.49. The molecule has 102 valence electrons. The average molecular weight is 275 g/mol. The molecule has 0 saturated heterocycles. The molecule has 1 aromatic heterocycles. The summed E-state index contributed by atoms with van der Waals surface area (Å²) in [5, 5.41) is 23.4. The van der Waals surface area contributed by atoms with Crippen LogP contribution in [0.15, 0.2) is 35.3 Å². The number of carboxylic acid groups (broad SMARTS) is 1. The number of rotatable bonds is 3. The van der Waals surface area contributed by atoms with Crippen molar-refractivity contribution in [3.05, 3.63) is 62.1 Å². The molecule has 0 spiro atoms. The highest BCUT2D eigenvalue weighted by atomic mass is 16.6. The Balaban J connectivity index is 2.66. The maximum Gasteiger partial charge on any atom is 0.360 e. The Hall–Kier alpha value is -3.03. The maximum atomic E-state index is 11.3. The molecule has 0 fully saturated rings. The van der Waals surface area contributed by atoms with E-state index >= 15 is 0 Å². The molecule has 0 aliphatic heterocycles. The summed E-state index contributed by atoms with van der Waals surface area (Å²) in [4.78, 5) is 32.5. The highest BCUT2D eigenvalue weighted by Crippen LogP contribution is 2.23. The van der Waals surface area contributed by atoms with Crippen LogP contribution in [-0.2, 0) is 0 Å². The summed E-state index contributed by atoms with van der Waals surface area (Å²) in [7, 11) is 0. The van der Waals surface area contributed by atoms with E-state index in [2.05, 4.69) is 5.10 Å². The summed E-state index contributed by atoms with van der Waals surface area (Å²) in [5.74, 6) is -1.45. The topological polar surface area (TPSA) is 115 Å². The van der Waals surface area contributed by atoms with E-state index in [0.29, 0.717) is 11.3 Å². The van der Waals surface area contributed by atoms with Gasteiger partial charge in [-0.3, -0.25) is 14.9 Å². The van der Waals surface area contributed by atoms with Gasteiger partial charge in [0, 0.05) is 18.3 Å². The average Bonchev–Trinajstić information content (AvgIpc) is 2.39. The van der Waals surface area contributed by atoms with Crippen molar-refractivity contribution < 1.29 is 14.8 Å². The Morgan fingerprint density at radius 2 is 2.10 bits per heavy atom. The van der Waals surface area contributed by atoms with Gasteiger partial charge in [-0.15, -0.1) is 0 Å². The first kappa shape index (κ1) is 13.4. The molecule has 1 aromatic carbocycles. The summed E-state index contributed by atoms with van der Waals surface area (Å²) in [6.07, 6.45) is 1.26. The second kappa shape index (κ2) is 4.92. The third kappa shape index (κ3) is 2.26. The van der Waals surface area contributed by atoms with Gasteiger partial charge in [0.15, 0.2) is 0 Å². The zero-order valence-electron chi connectivity index (χ0n) is 10.3. The SMILES string of the molecule is Cc1c(-n2ccc(=O)c(C(=O)O)n2)cccc1[N+](=O)[O-]. The van der Waals surface area contributed by atoms with Crippen molar-refractivity contribution >= 4 is 11.7 Å². The summed E-state index contributed by atoms with van der Waals surface area (Å²) in [6.45, 7) is 1.52. The molecule has 1 N–H and O–H groups in total. The minimum absolute atomic E-state index is 0.111. The fourth-order valence-corrected chi connectivity index (χ4v) is 1.75. The maximum absolute atomic E-state index is 11.3. The highest BCUT2D eigenvalue weighted by molar-refractivity contribution is 5.84. The lowest BCUT2D eigenvalue weighted by Crippen LogP contribution is -2.20. The van der Waals surface area contributed by atoms with E-state index in [1.54, 1.807) is 6.07 Å². The number of hydrogen-bond acceptors (Lipinski definition) is 5. The summed E-state index contributed by atoms with van der Waals surface area (Å²) >= 11 is 0. The second-order valence-electron chi connectivity index (χ2n) is 3.96. The summed E-state index contributed by atoms with van der Waals surface area (Å²) in [5.41, 5.74) is -0.818. The number of aromatic carboxylic acids is 1. The van der Waals surface area contributed by atoms with Gasteiger partial charge in [0.05, 0.1) is 16.2 Å². The molecule has 1 heterocycles. The van der Waals surface area contributed by atoms with E-state index in [4.69, 9.17) is 5.11 Å². The Kier molecular flexibility index (Phi) is 3.30. The third-order valence-electron chi connectivity index (χ3n) is 2.73. The van der Waals surface area contributed by atoms with Crippen LogP contribution in [0.1, 0.15) is 16.1 Å². The van der Waals surface area contributed by atoms with Gasteiger partial charge in [0.1, 0.15) is 0 Å². The summed E-state index contributed by atoms with van der Waals surface area (Å²) < 4.78 is 1.13. The van der Waals surface area contributed by atoms with Crippen molar-refractivity contribution in [2.45, 2.75) is 6.92 Å². The van der Waals surface area contributed by atoms with Crippen LogP contribution >= 0.6 is 0 Å². The van der Waals surface area contributed by atoms with Gasteiger partial charge >= 0.3 is 5.97 Å². The molecule has 8 nitrogen and oxygen atoms in total. The van der Waals surface area contributed by atoms with Crippen molar-refractivity contribution in [3.63, 3.8) is 0 Å². The summed E-state index contributed by atoms with van der Waals surface area (Å²) in [6, 6.07) is 5.39. The number of hydrogen-bond donors (Lipinski definition) is 1. The number of benzene rings is 1. The van der Waals surface area contributed by atoms with Crippen LogP contribution in [0.4, 0.5) is 5.69 Å². The van der Waals surface area contributed by atoms with E-state index in [1.165, 1.54) is 25.3 Å². The van der Waals surface area contributed by atoms with Gasteiger partial charge in [0.2, 0.25) is 11.1 Å². The molecule has 0 saturated carbocycles. The van der Waals surface area contributed by atoms with Crippen LogP contribution in [0, 0.1) is 17.0 Å². The predicted molar refractivity (Wildman–Crippen MR) is 68.2 cm³/mol. The van der Waals surface area contributed by atoms with E-state index in [1.807, 2.05) is 0 Å². The van der Waals surface area contributed by atoms with Gasteiger partial charge < -0.3 is 5.11 Å². The third-order valence-corrected chi connectivity index (χ3v) is 2.73. The molecule has 2 aromatic rings. The zero-order valence-corrected chi connectivity index (χ0v) is 10.3. The van der Waals surface area contributed by atoms with Gasteiger partial charge in [-0.2, -0.15) is 5.10 Å². The standard InChI is InChI=1S/C12H9N3O5/c1-7-8(3-2-4-9(7)15(19)20)14-6-5-10(16)11(13-14)12(17)18/h2-6H,1H3,(H,17,18). The van der Waals surface area contributed by atoms with Gasteiger partial charge in [-0.25, -0.2) is 9.48 Å². The Labute approximate surface area is 112 Å². The number of aromatic nitrogens is 2. The fraction of sp³-hybridized carbons (Fsp3) is 0.0833. The van der Waals surface area contributed by atoms with Gasteiger partial charge in [-0.1, -0.05) is 6.07 Å². The molecular weight excluding hydrogens is 266 g/mol. The molecule has 0 amide bonds. The monoisotopic (exact) mass is 275 g/mol. The van der Waals surface area contributed by atoms with Crippen molar-refractivity contribution in [2.24, 2.45) is 0 Å². The van der Waals surface area contributed by atoms with E-state index in [-0.39, 0.29) is 5.69 Å². The number of nitro benzene ring substituents is 1. The van der Waals surface area contributed by atoms with Crippen molar-refractivity contribution in [2.75, 3.05) is 0 Å². The first-order valence-corrected chi connectivity index (χ1v) is 5.49. The molecule has 0 unspecified atom stereocenters. The molecule has 8 heteroatoms. The fourth-order valence-electron chi connectivity index (χ4n) is 1.75. The van der Waals surface area contributed by atoms with Crippen LogP contribution in [0.25, 0.3) is 5.69 Å². The van der Waals surface area contributed by atoms with Crippen LogP contribution < -0.4 is 5.43 Å². The molecule has 2 rings (SSSR count). The van der Waals surface area contributed by atoms with Crippen molar-refractivity contribution in [1.82, 2.24) is 9.78 Å². The quantitative estimate of drug-likeness (QED) is 0.663. The zero-order chi connectivity index (χ0) is 14.9. The molecule has 0 atom stereocenters. The number of carbonyl (C=O) groups is 1. The Bertz CT molecular complexity index is 766. The lowest BCUT2D eigenvalue weighted by atomic mass is 10.1. The molecule has 20 heavy (non-hydrogen) atoms. The Morgan fingerprint density at radius 3 is 2.70 bits per heavy atom. The largest absolute Gasteiger partial charge is 0.476 e. The lowest BCUT2D eigenvalue weighted by molar-refractivity contribution is -0.385. The Morgan fingerprint density at radius 1 is 1.40 bits per heavy atom. The van der Waals surface area contributed by atoms with Gasteiger partial charge in [-0.05, 0) is 13.0 Å². The molecule has 0 radical (unpaired) electrons. The van der Waals surface area contributed by atoms with E-state index in [9.17, 15) is 19.7 Å². The van der Waals surface area contributed by atoms with Crippen LogP contribution in [0.2, 0.25) is 0 Å². The van der Waals surface area contributed by atoms with Crippen LogP contribution in [0.3, 0.4) is 0 Å². The highest BCUT2D eigenvalue weighted by Gasteiger charge is 2.16. The van der Waals surface area contributed by atoms with Crippen molar-refractivity contribution in [3.8, 4) is 5.69 Å². The van der Waals surface area contributed by atoms with Crippen LogP contribution in [0.5, 0.6) is 0 Å². The van der Waals surface area contributed by atoms with Gasteiger partial charge in [0.25, 0.3) is 5.69 Å². The molecule has 0 bridgehead atoms. The normalized spacial score (nSPS) is 10.2. The number of carboxylic acids is 1. The lowest BCUT2D eigenvalue weighted by Gasteiger charge is -2.09. The smallest absolute Gasteiger partial charge is 0.360 e. The minimum Gasteiger partial charge on any atom is -0.476 e. The minimum atomic E-state index is -1.45. The first-order chi connectivity index (χ1) is 9.41. The van der Waals surface area contributed by atoms with Crippen molar-refractivity contribution in [1.29, 1.82) is 0 Å². The van der Waals surface area contributed by atoms with E-state index in [0.717, 1.165) is 10.7 Å². The number of nitrogens with zero attached hydrogens (tertiary/aromatic N) is 3. The predicted octanol–water partition coefficient (Wildman–Crippen LogP) is 1.15. The molecule has 0 aliphatic carbocycles. The van der Waals surface area contributed by atoms with E-state index < -0.39 is 22.0 Å².